The van der Waals surface area contributed by atoms with Gasteiger partial charge >= 0.3 is 0 Å². The number of anilines is 1. The largest absolute Gasteiger partial charge is 0.472 e. The van der Waals surface area contributed by atoms with Crippen LogP contribution in [0.5, 0.6) is 0 Å². The molecule has 0 spiro atoms. The minimum atomic E-state index is -0.122. The SMILES string of the molecule is Cc1cc(C(=O)NCc2ccoc2)ccc1NN. The summed E-state index contributed by atoms with van der Waals surface area (Å²) in [7, 11) is 0. The topological polar surface area (TPSA) is 80.3 Å². The molecule has 5 nitrogen and oxygen atoms in total. The molecule has 0 unspecified atom stereocenters. The van der Waals surface area contributed by atoms with Crippen LogP contribution in [-0.4, -0.2) is 5.91 Å². The van der Waals surface area contributed by atoms with E-state index in [2.05, 4.69) is 10.7 Å². The fourth-order valence-corrected chi connectivity index (χ4v) is 1.64. The third kappa shape index (κ3) is 2.70. The fraction of sp³-hybridized carbons (Fsp3) is 0.154. The van der Waals surface area contributed by atoms with Crippen molar-refractivity contribution in [3.63, 3.8) is 0 Å². The van der Waals surface area contributed by atoms with Crippen LogP contribution in [0, 0.1) is 6.92 Å². The maximum absolute atomic E-state index is 11.9. The summed E-state index contributed by atoms with van der Waals surface area (Å²) in [5, 5.41) is 2.82. The molecule has 0 radical (unpaired) electrons. The van der Waals surface area contributed by atoms with Crippen LogP contribution < -0.4 is 16.6 Å². The number of hydrogen-bond donors (Lipinski definition) is 3. The van der Waals surface area contributed by atoms with Crippen LogP contribution in [0.3, 0.4) is 0 Å². The van der Waals surface area contributed by atoms with Crippen LogP contribution >= 0.6 is 0 Å². The maximum Gasteiger partial charge on any atom is 0.251 e. The van der Waals surface area contributed by atoms with E-state index in [1.54, 1.807) is 30.7 Å². The highest BCUT2D eigenvalue weighted by Gasteiger charge is 2.07. The summed E-state index contributed by atoms with van der Waals surface area (Å²) in [4.78, 5) is 11.9. The number of rotatable bonds is 4. The lowest BCUT2D eigenvalue weighted by atomic mass is 10.1. The van der Waals surface area contributed by atoms with Crippen LogP contribution in [0.15, 0.2) is 41.2 Å². The van der Waals surface area contributed by atoms with Gasteiger partial charge in [0.05, 0.1) is 18.2 Å². The Bertz CT molecular complexity index is 535. The number of aryl methyl sites for hydroxylation is 1. The number of benzene rings is 1. The normalized spacial score (nSPS) is 10.1. The Kier molecular flexibility index (Phi) is 3.64. The summed E-state index contributed by atoms with van der Waals surface area (Å²) in [5.74, 6) is 5.22. The van der Waals surface area contributed by atoms with E-state index in [4.69, 9.17) is 10.3 Å². The number of carbonyl (C=O) groups excluding carboxylic acids is 1. The smallest absolute Gasteiger partial charge is 0.251 e. The highest BCUT2D eigenvalue weighted by Crippen LogP contribution is 2.15. The number of nitrogen functional groups attached to an aromatic ring is 1. The molecule has 4 N–H and O–H groups in total. The molecule has 1 amide bonds. The molecule has 2 rings (SSSR count). The van der Waals surface area contributed by atoms with Crippen LogP contribution in [0.2, 0.25) is 0 Å². The molecule has 1 aromatic heterocycles. The minimum Gasteiger partial charge on any atom is -0.472 e. The lowest BCUT2D eigenvalue weighted by Crippen LogP contribution is -2.22. The van der Waals surface area contributed by atoms with Gasteiger partial charge in [0.25, 0.3) is 5.91 Å². The van der Waals surface area contributed by atoms with Gasteiger partial charge in [-0.2, -0.15) is 0 Å². The predicted octanol–water partition coefficient (Wildman–Crippen LogP) is 1.80. The van der Waals surface area contributed by atoms with Gasteiger partial charge < -0.3 is 15.2 Å². The minimum absolute atomic E-state index is 0.122. The second-order valence-corrected chi connectivity index (χ2v) is 3.99. The zero-order valence-corrected chi connectivity index (χ0v) is 10.1. The van der Waals surface area contributed by atoms with Gasteiger partial charge in [-0.15, -0.1) is 0 Å². The Labute approximate surface area is 105 Å². The molecule has 0 saturated carbocycles. The van der Waals surface area contributed by atoms with Crippen LogP contribution in [0.1, 0.15) is 21.5 Å². The molecule has 0 atom stereocenters. The zero-order valence-electron chi connectivity index (χ0n) is 10.1. The highest BCUT2D eigenvalue weighted by atomic mass is 16.3. The molecular weight excluding hydrogens is 230 g/mol. The number of furan rings is 1. The molecule has 0 bridgehead atoms. The zero-order chi connectivity index (χ0) is 13.0. The van der Waals surface area contributed by atoms with E-state index in [0.29, 0.717) is 12.1 Å². The standard InChI is InChI=1S/C13H15N3O2/c1-9-6-11(2-3-12(9)16-14)13(17)15-7-10-4-5-18-8-10/h2-6,8,16H,7,14H2,1H3,(H,15,17). The van der Waals surface area contributed by atoms with Crippen LogP contribution in [0.4, 0.5) is 5.69 Å². The molecule has 5 heteroatoms. The first-order valence-electron chi connectivity index (χ1n) is 5.57. The van der Waals surface area contributed by atoms with Gasteiger partial charge in [0, 0.05) is 17.7 Å². The Balaban J connectivity index is 2.02. The second-order valence-electron chi connectivity index (χ2n) is 3.99. The molecular formula is C13H15N3O2. The molecule has 0 fully saturated rings. The first-order chi connectivity index (χ1) is 8.70. The molecule has 2 aromatic rings. The molecule has 1 aromatic carbocycles. The van der Waals surface area contributed by atoms with Gasteiger partial charge in [0.1, 0.15) is 0 Å². The Morgan fingerprint density at radius 1 is 1.39 bits per heavy atom. The number of nitrogens with one attached hydrogen (secondary N) is 2. The molecule has 1 heterocycles. The Hall–Kier alpha value is -2.27. The third-order valence-corrected chi connectivity index (χ3v) is 2.68. The number of nitrogens with two attached hydrogens (primary N) is 1. The summed E-state index contributed by atoms with van der Waals surface area (Å²) >= 11 is 0. The maximum atomic E-state index is 11.9. The van der Waals surface area contributed by atoms with Gasteiger partial charge in [-0.05, 0) is 36.8 Å². The monoisotopic (exact) mass is 245 g/mol. The molecule has 0 aliphatic heterocycles. The van der Waals surface area contributed by atoms with Crippen LogP contribution in [-0.2, 0) is 6.54 Å². The van der Waals surface area contributed by atoms with E-state index in [0.717, 1.165) is 16.8 Å². The van der Waals surface area contributed by atoms with Crippen molar-refractivity contribution in [1.82, 2.24) is 5.32 Å². The lowest BCUT2D eigenvalue weighted by molar-refractivity contribution is 0.0951. The van der Waals surface area contributed by atoms with E-state index in [-0.39, 0.29) is 5.91 Å². The summed E-state index contributed by atoms with van der Waals surface area (Å²) in [6.07, 6.45) is 3.18. The lowest BCUT2D eigenvalue weighted by Gasteiger charge is -2.08. The average Bonchev–Trinajstić information content (AvgIpc) is 2.89. The van der Waals surface area contributed by atoms with E-state index in [1.165, 1.54) is 0 Å². The van der Waals surface area contributed by atoms with Crippen molar-refractivity contribution in [3.05, 3.63) is 53.5 Å². The number of hydrazine groups is 1. The van der Waals surface area contributed by atoms with Crippen molar-refractivity contribution < 1.29 is 9.21 Å². The fourth-order valence-electron chi connectivity index (χ4n) is 1.64. The van der Waals surface area contributed by atoms with Crippen molar-refractivity contribution in [2.75, 3.05) is 5.43 Å². The predicted molar refractivity (Wildman–Crippen MR) is 68.9 cm³/mol. The number of amides is 1. The number of hydrogen-bond acceptors (Lipinski definition) is 4. The van der Waals surface area contributed by atoms with E-state index in [1.807, 2.05) is 13.0 Å². The van der Waals surface area contributed by atoms with Crippen LogP contribution in [0.25, 0.3) is 0 Å². The van der Waals surface area contributed by atoms with Crippen molar-refractivity contribution in [2.45, 2.75) is 13.5 Å². The summed E-state index contributed by atoms with van der Waals surface area (Å²) in [6.45, 7) is 2.34. The molecule has 0 aliphatic rings. The summed E-state index contributed by atoms with van der Waals surface area (Å²) < 4.78 is 4.93. The van der Waals surface area contributed by atoms with Crippen molar-refractivity contribution in [3.8, 4) is 0 Å². The molecule has 0 saturated heterocycles. The summed E-state index contributed by atoms with van der Waals surface area (Å²) in [5.41, 5.74) is 5.84. The van der Waals surface area contributed by atoms with Crippen molar-refractivity contribution in [2.24, 2.45) is 5.84 Å². The first-order valence-corrected chi connectivity index (χ1v) is 5.57. The van der Waals surface area contributed by atoms with E-state index >= 15 is 0 Å². The van der Waals surface area contributed by atoms with E-state index in [9.17, 15) is 4.79 Å². The molecule has 94 valence electrons. The second kappa shape index (κ2) is 5.37. The average molecular weight is 245 g/mol. The van der Waals surface area contributed by atoms with Crippen molar-refractivity contribution in [1.29, 1.82) is 0 Å². The molecule has 18 heavy (non-hydrogen) atoms. The third-order valence-electron chi connectivity index (χ3n) is 2.68. The van der Waals surface area contributed by atoms with Gasteiger partial charge in [-0.1, -0.05) is 0 Å². The van der Waals surface area contributed by atoms with Gasteiger partial charge in [0.2, 0.25) is 0 Å². The van der Waals surface area contributed by atoms with Gasteiger partial charge in [0.15, 0.2) is 0 Å². The van der Waals surface area contributed by atoms with Gasteiger partial charge in [-0.3, -0.25) is 10.6 Å². The van der Waals surface area contributed by atoms with E-state index < -0.39 is 0 Å². The molecule has 0 aliphatic carbocycles. The quantitative estimate of drug-likeness (QED) is 0.567. The highest BCUT2D eigenvalue weighted by molar-refractivity contribution is 5.94. The Morgan fingerprint density at radius 3 is 2.83 bits per heavy atom. The number of carbonyl (C=O) groups is 1. The Morgan fingerprint density at radius 2 is 2.22 bits per heavy atom. The van der Waals surface area contributed by atoms with Crippen molar-refractivity contribution >= 4 is 11.6 Å². The first kappa shape index (κ1) is 12.2. The van der Waals surface area contributed by atoms with Gasteiger partial charge in [-0.25, -0.2) is 0 Å². The summed E-state index contributed by atoms with van der Waals surface area (Å²) in [6, 6.07) is 7.11.